The topological polar surface area (TPSA) is 17.1 Å². The summed E-state index contributed by atoms with van der Waals surface area (Å²) in [5, 5.41) is 0. The third-order valence-corrected chi connectivity index (χ3v) is 0. The van der Waals surface area contributed by atoms with Crippen LogP contribution in [0.2, 0.25) is 0 Å². The Labute approximate surface area is 44.8 Å². The summed E-state index contributed by atoms with van der Waals surface area (Å²) >= 11 is 0. The summed E-state index contributed by atoms with van der Waals surface area (Å²) in [7, 11) is 0. The van der Waals surface area contributed by atoms with Crippen molar-refractivity contribution in [2.45, 2.75) is 0 Å². The van der Waals surface area contributed by atoms with Crippen molar-refractivity contribution in [3.8, 4) is 0 Å². The zero-order valence-electron chi connectivity index (χ0n) is 1.60. The van der Waals surface area contributed by atoms with Gasteiger partial charge in [0.1, 0.15) is 0 Å². The summed E-state index contributed by atoms with van der Waals surface area (Å²) in [5.74, 6) is 0. The van der Waals surface area contributed by atoms with Gasteiger partial charge in [-0.2, -0.15) is 0 Å². The second-order valence-corrected chi connectivity index (χ2v) is 0. The predicted octanol–water partition coefficient (Wildman–Crippen LogP) is -3.40. The molecule has 0 unspecified atom stereocenters. The van der Waals surface area contributed by atoms with Crippen LogP contribution < -0.4 is 12.4 Å². The Morgan fingerprint density at radius 1 is 1.25 bits per heavy atom. The third kappa shape index (κ3) is 17.8. The molecule has 0 rings (SSSR count). The molecule has 0 amide bonds. The van der Waals surface area contributed by atoms with Crippen molar-refractivity contribution in [2.24, 2.45) is 0 Å². The Morgan fingerprint density at radius 3 is 1.25 bits per heavy atom. The van der Waals surface area contributed by atoms with Crippen molar-refractivity contribution >= 4 is 6.79 Å². The van der Waals surface area contributed by atoms with E-state index in [0.29, 0.717) is 0 Å². The molecule has 0 aliphatic rings. The normalized spacial score (nSPS) is 1.00. The van der Waals surface area contributed by atoms with Crippen molar-refractivity contribution in [1.82, 2.24) is 0 Å². The van der Waals surface area contributed by atoms with Crippen molar-refractivity contribution in [1.29, 1.82) is 0 Å². The maximum atomic E-state index is 7.50. The maximum Gasteiger partial charge on any atom is 1.00 e. The number of hydrogen-bond acceptors (Lipinski definition) is 1. The molecule has 27 valence electrons. The van der Waals surface area contributed by atoms with Gasteiger partial charge in [0.2, 0.25) is 0 Å². The minimum atomic E-state index is 0. The summed E-state index contributed by atoms with van der Waals surface area (Å²) < 4.78 is 0. The van der Waals surface area contributed by atoms with Crippen LogP contribution in [-0.2, 0) is 25.2 Å². The van der Waals surface area contributed by atoms with Gasteiger partial charge >= 0.3 is 20.4 Å². The van der Waals surface area contributed by atoms with E-state index in [-0.39, 0.29) is 32.8 Å². The van der Waals surface area contributed by atoms with Gasteiger partial charge in [0.25, 0.3) is 6.79 Å². The number of rotatable bonds is 0. The summed E-state index contributed by atoms with van der Waals surface area (Å²) in [6, 6.07) is 0. The van der Waals surface area contributed by atoms with Gasteiger partial charge in [0.15, 0.2) is 0 Å². The Balaban J connectivity index is -0.00000000500. The van der Waals surface area contributed by atoms with Crippen LogP contribution in [0, 0.1) is 0 Å². The van der Waals surface area contributed by atoms with Gasteiger partial charge in [0.05, 0.1) is 0 Å². The molecule has 0 N–H and O–H groups in total. The Bertz CT molecular complexity index is 8.00. The summed E-state index contributed by atoms with van der Waals surface area (Å²) in [5.41, 5.74) is 0. The van der Waals surface area contributed by atoms with Crippen LogP contribution in [-0.4, -0.2) is 6.79 Å². The van der Waals surface area contributed by atoms with Gasteiger partial charge in [0, 0.05) is 0 Å². The molecule has 0 heterocycles. The quantitative estimate of drug-likeness (QED) is 0.346. The molecule has 0 saturated carbocycles. The molecule has 3 heteroatoms. The Hall–Kier alpha value is 0.622. The van der Waals surface area contributed by atoms with Gasteiger partial charge in [-0.3, -0.25) is 4.79 Å². The summed E-state index contributed by atoms with van der Waals surface area (Å²) in [6.07, 6.45) is 0. The molecule has 0 aromatic rings. The van der Waals surface area contributed by atoms with Crippen molar-refractivity contribution in [3.05, 3.63) is 0 Å². The van der Waals surface area contributed by atoms with E-state index in [1.807, 2.05) is 0 Å². The number of halogens is 1. The Morgan fingerprint density at radius 2 is 1.25 bits per heavy atom. The van der Waals surface area contributed by atoms with E-state index < -0.39 is 0 Å². The minimum absolute atomic E-state index is 0. The fourth-order valence-electron chi connectivity index (χ4n) is 0. The van der Waals surface area contributed by atoms with Crippen LogP contribution >= 0.6 is 0 Å². The van der Waals surface area contributed by atoms with Crippen molar-refractivity contribution in [3.63, 3.8) is 0 Å². The molecule has 0 aromatic heterocycles. The second-order valence-electron chi connectivity index (χ2n) is 0. The fourth-order valence-corrected chi connectivity index (χ4v) is 0. The van der Waals surface area contributed by atoms with Gasteiger partial charge in [-0.25, -0.2) is 0 Å². The van der Waals surface area contributed by atoms with Crippen LogP contribution in [0.4, 0.5) is 0 Å². The molecule has 0 aromatic carbocycles. The molecule has 0 spiro atoms. The van der Waals surface area contributed by atoms with Crippen LogP contribution in [0.3, 0.4) is 0 Å². The molecular weight excluding hydrogens is 170 g/mol. The Kier molecular flexibility index (Phi) is 371. The molecule has 0 bridgehead atoms. The minimum Gasteiger partial charge on any atom is -1.00 e. The largest absolute Gasteiger partial charge is 1.00 e. The molecule has 0 aliphatic carbocycles. The molecule has 0 fully saturated rings. The van der Waals surface area contributed by atoms with E-state index in [0.717, 1.165) is 0 Å². The van der Waals surface area contributed by atoms with Crippen LogP contribution in [0.15, 0.2) is 0 Å². The molecule has 0 saturated heterocycles. The summed E-state index contributed by atoms with van der Waals surface area (Å²) in [4.78, 5) is 7.50. The average Bonchev–Trinajstić information content (AvgIpc) is 1.00. The van der Waals surface area contributed by atoms with Crippen LogP contribution in [0.25, 0.3) is 0 Å². The molecule has 0 atom stereocenters. The maximum absolute atomic E-state index is 7.50. The standard InChI is InChI=1S/CO.ClH.Pd/c1-2;;/h;1H;/q;;+1/p-1. The van der Waals surface area contributed by atoms with E-state index in [4.69, 9.17) is 4.79 Å². The predicted molar refractivity (Wildman–Crippen MR) is 5.69 cm³/mol. The summed E-state index contributed by atoms with van der Waals surface area (Å²) in [6.45, 7) is 4.50. The number of carbonyl (C=O) groups excluding carboxylic acids is 1. The SMILES string of the molecule is [C]=O.[Cl-].[Pd+]. The first kappa shape index (κ1) is 23.0. The van der Waals surface area contributed by atoms with Crippen molar-refractivity contribution in [2.75, 3.05) is 0 Å². The van der Waals surface area contributed by atoms with Crippen LogP contribution in [0.5, 0.6) is 0 Å². The monoisotopic (exact) mass is 169 g/mol. The van der Waals surface area contributed by atoms with Gasteiger partial charge in [-0.15, -0.1) is 0 Å². The zero-order chi connectivity index (χ0) is 2.00. The van der Waals surface area contributed by atoms with E-state index in [2.05, 4.69) is 6.79 Å². The first-order chi connectivity index (χ1) is 1.00. The molecular formula is CClOPd. The average molecular weight is 170 g/mol. The van der Waals surface area contributed by atoms with Crippen LogP contribution in [0.1, 0.15) is 0 Å². The first-order valence-corrected chi connectivity index (χ1v) is 0.204. The molecule has 0 aliphatic heterocycles. The second kappa shape index (κ2) is 64.3. The van der Waals surface area contributed by atoms with Gasteiger partial charge in [-0.1, -0.05) is 0 Å². The smallest absolute Gasteiger partial charge is 1.00 e. The molecule has 4 heavy (non-hydrogen) atoms. The third-order valence-electron chi connectivity index (χ3n) is 0. The number of hydrogen-bond donors (Lipinski definition) is 0. The van der Waals surface area contributed by atoms with E-state index in [1.165, 1.54) is 0 Å². The fraction of sp³-hybridized carbons (Fsp3) is 0. The van der Waals surface area contributed by atoms with Gasteiger partial charge < -0.3 is 12.4 Å². The van der Waals surface area contributed by atoms with E-state index in [9.17, 15) is 0 Å². The van der Waals surface area contributed by atoms with E-state index in [1.54, 1.807) is 0 Å². The first-order valence-electron chi connectivity index (χ1n) is 0.204. The molecule has 3 radical (unpaired) electrons. The molecule has 1 nitrogen and oxygen atoms in total. The van der Waals surface area contributed by atoms with Gasteiger partial charge in [-0.05, 0) is 0 Å². The van der Waals surface area contributed by atoms with E-state index >= 15 is 0 Å². The zero-order valence-corrected chi connectivity index (χ0v) is 3.91. The van der Waals surface area contributed by atoms with Crippen molar-refractivity contribution < 1.29 is 37.6 Å².